The Morgan fingerprint density at radius 1 is 1.12 bits per heavy atom. The van der Waals surface area contributed by atoms with Crippen molar-refractivity contribution < 1.29 is 14.3 Å². The van der Waals surface area contributed by atoms with Gasteiger partial charge in [-0.05, 0) is 12.8 Å². The first kappa shape index (κ1) is 12.7. The minimum Gasteiger partial charge on any atom is -0.385 e. The van der Waals surface area contributed by atoms with Crippen molar-refractivity contribution in [3.63, 3.8) is 0 Å². The molecule has 0 amide bonds. The van der Waals surface area contributed by atoms with Gasteiger partial charge in [0.15, 0.2) is 0 Å². The summed E-state index contributed by atoms with van der Waals surface area (Å²) in [5, 5.41) is 0. The van der Waals surface area contributed by atoms with Crippen molar-refractivity contribution >= 4 is 11.9 Å². The summed E-state index contributed by atoms with van der Waals surface area (Å²) in [5.74, 6) is -1.05. The summed E-state index contributed by atoms with van der Waals surface area (Å²) in [4.78, 5) is 24.3. The maximum atomic E-state index is 11.4. The molecule has 0 spiro atoms. The standard InChI is InChI=1S/C12H19NO3/c1-3-5-7-13(8-6-4-2)10-9-11(14)16-12(10)15/h9H,3-8H2,1-2H3. The van der Waals surface area contributed by atoms with Gasteiger partial charge in [0, 0.05) is 13.1 Å². The second-order valence-electron chi connectivity index (χ2n) is 3.93. The molecule has 1 heterocycles. The number of esters is 2. The van der Waals surface area contributed by atoms with E-state index in [9.17, 15) is 9.59 Å². The molecule has 0 aromatic carbocycles. The molecule has 0 saturated heterocycles. The zero-order chi connectivity index (χ0) is 12.0. The van der Waals surface area contributed by atoms with Crippen LogP contribution in [0.4, 0.5) is 0 Å². The molecular formula is C12H19NO3. The summed E-state index contributed by atoms with van der Waals surface area (Å²) in [7, 11) is 0. The Morgan fingerprint density at radius 3 is 2.06 bits per heavy atom. The van der Waals surface area contributed by atoms with Crippen molar-refractivity contribution in [2.45, 2.75) is 39.5 Å². The minimum atomic E-state index is -0.544. The Bertz CT molecular complexity index is 289. The number of carbonyl (C=O) groups excluding carboxylic acids is 2. The van der Waals surface area contributed by atoms with E-state index in [1.807, 2.05) is 4.90 Å². The summed E-state index contributed by atoms with van der Waals surface area (Å²) >= 11 is 0. The third-order valence-electron chi connectivity index (χ3n) is 2.56. The van der Waals surface area contributed by atoms with Gasteiger partial charge in [0.25, 0.3) is 0 Å². The summed E-state index contributed by atoms with van der Waals surface area (Å²) in [5.41, 5.74) is 0.423. The minimum absolute atomic E-state index is 0.423. The molecule has 1 aliphatic heterocycles. The summed E-state index contributed by atoms with van der Waals surface area (Å²) in [6.45, 7) is 5.82. The molecule has 0 N–H and O–H groups in total. The maximum absolute atomic E-state index is 11.4. The Balaban J connectivity index is 2.63. The van der Waals surface area contributed by atoms with Crippen LogP contribution in [0.5, 0.6) is 0 Å². The number of cyclic esters (lactones) is 2. The molecule has 90 valence electrons. The van der Waals surface area contributed by atoms with E-state index in [1.165, 1.54) is 6.08 Å². The quantitative estimate of drug-likeness (QED) is 0.490. The van der Waals surface area contributed by atoms with E-state index in [1.54, 1.807) is 0 Å². The highest BCUT2D eigenvalue weighted by Gasteiger charge is 2.27. The molecule has 4 heteroatoms. The van der Waals surface area contributed by atoms with Crippen molar-refractivity contribution in [2.75, 3.05) is 13.1 Å². The van der Waals surface area contributed by atoms with E-state index in [0.29, 0.717) is 5.70 Å². The summed E-state index contributed by atoms with van der Waals surface area (Å²) < 4.78 is 4.50. The van der Waals surface area contributed by atoms with Gasteiger partial charge in [0.2, 0.25) is 0 Å². The Kier molecular flexibility index (Phi) is 5.02. The predicted molar refractivity (Wildman–Crippen MR) is 60.6 cm³/mol. The van der Waals surface area contributed by atoms with E-state index in [2.05, 4.69) is 18.6 Å². The van der Waals surface area contributed by atoms with Crippen LogP contribution in [0.15, 0.2) is 11.8 Å². The third kappa shape index (κ3) is 3.36. The lowest BCUT2D eigenvalue weighted by Gasteiger charge is -2.23. The number of rotatable bonds is 7. The van der Waals surface area contributed by atoms with Crippen molar-refractivity contribution in [1.29, 1.82) is 0 Å². The van der Waals surface area contributed by atoms with Crippen LogP contribution >= 0.6 is 0 Å². The molecule has 1 rings (SSSR count). The van der Waals surface area contributed by atoms with Gasteiger partial charge < -0.3 is 9.64 Å². The topological polar surface area (TPSA) is 46.6 Å². The second-order valence-corrected chi connectivity index (χ2v) is 3.93. The third-order valence-corrected chi connectivity index (χ3v) is 2.56. The van der Waals surface area contributed by atoms with Crippen LogP contribution in [0.1, 0.15) is 39.5 Å². The molecule has 0 bridgehead atoms. The zero-order valence-electron chi connectivity index (χ0n) is 9.99. The van der Waals surface area contributed by atoms with Gasteiger partial charge in [-0.3, -0.25) is 0 Å². The van der Waals surface area contributed by atoms with Crippen molar-refractivity contribution in [3.8, 4) is 0 Å². The van der Waals surface area contributed by atoms with Crippen LogP contribution in [-0.4, -0.2) is 29.9 Å². The second kappa shape index (κ2) is 6.30. The average Bonchev–Trinajstić information content (AvgIpc) is 2.58. The monoisotopic (exact) mass is 225 g/mol. The summed E-state index contributed by atoms with van der Waals surface area (Å²) in [6, 6.07) is 0. The van der Waals surface area contributed by atoms with E-state index in [-0.39, 0.29) is 0 Å². The van der Waals surface area contributed by atoms with Crippen LogP contribution in [0, 0.1) is 0 Å². The zero-order valence-corrected chi connectivity index (χ0v) is 9.99. The molecule has 0 unspecified atom stereocenters. The van der Waals surface area contributed by atoms with Crippen LogP contribution < -0.4 is 0 Å². The lowest BCUT2D eigenvalue weighted by molar-refractivity contribution is -0.151. The van der Waals surface area contributed by atoms with Crippen LogP contribution in [0.2, 0.25) is 0 Å². The molecular weight excluding hydrogens is 206 g/mol. The maximum Gasteiger partial charge on any atom is 0.362 e. The predicted octanol–water partition coefficient (Wildman–Crippen LogP) is 1.86. The van der Waals surface area contributed by atoms with Crippen LogP contribution in [-0.2, 0) is 14.3 Å². The van der Waals surface area contributed by atoms with Gasteiger partial charge in [-0.2, -0.15) is 0 Å². The van der Waals surface area contributed by atoms with E-state index < -0.39 is 11.9 Å². The fraction of sp³-hybridized carbons (Fsp3) is 0.667. The molecule has 0 aliphatic carbocycles. The molecule has 0 aromatic rings. The highest BCUT2D eigenvalue weighted by Crippen LogP contribution is 2.15. The van der Waals surface area contributed by atoms with Gasteiger partial charge >= 0.3 is 11.9 Å². The Hall–Kier alpha value is -1.32. The lowest BCUT2D eigenvalue weighted by Crippen LogP contribution is -2.28. The van der Waals surface area contributed by atoms with E-state index in [0.717, 1.165) is 38.8 Å². The number of unbranched alkanes of at least 4 members (excludes halogenated alkanes) is 2. The first-order valence-electron chi connectivity index (χ1n) is 5.91. The normalized spacial score (nSPS) is 15.0. The fourth-order valence-electron chi connectivity index (χ4n) is 1.61. The number of carbonyl (C=O) groups is 2. The van der Waals surface area contributed by atoms with Gasteiger partial charge in [0.1, 0.15) is 5.70 Å². The largest absolute Gasteiger partial charge is 0.385 e. The molecule has 0 radical (unpaired) electrons. The first-order valence-corrected chi connectivity index (χ1v) is 5.91. The number of hydrogen-bond acceptors (Lipinski definition) is 4. The van der Waals surface area contributed by atoms with Gasteiger partial charge in [-0.15, -0.1) is 0 Å². The number of ether oxygens (including phenoxy) is 1. The highest BCUT2D eigenvalue weighted by atomic mass is 16.6. The highest BCUT2D eigenvalue weighted by molar-refractivity contribution is 6.08. The van der Waals surface area contributed by atoms with Gasteiger partial charge in [0.05, 0.1) is 6.08 Å². The van der Waals surface area contributed by atoms with Crippen molar-refractivity contribution in [2.24, 2.45) is 0 Å². The average molecular weight is 225 g/mol. The van der Waals surface area contributed by atoms with Crippen LogP contribution in [0.25, 0.3) is 0 Å². The molecule has 0 aromatic heterocycles. The number of nitrogens with zero attached hydrogens (tertiary/aromatic N) is 1. The Labute approximate surface area is 96.3 Å². The molecule has 16 heavy (non-hydrogen) atoms. The van der Waals surface area contributed by atoms with E-state index >= 15 is 0 Å². The van der Waals surface area contributed by atoms with Crippen molar-refractivity contribution in [1.82, 2.24) is 4.90 Å². The molecule has 0 fully saturated rings. The molecule has 0 saturated carbocycles. The number of hydrogen-bond donors (Lipinski definition) is 0. The molecule has 4 nitrogen and oxygen atoms in total. The van der Waals surface area contributed by atoms with E-state index in [4.69, 9.17) is 0 Å². The smallest absolute Gasteiger partial charge is 0.362 e. The lowest BCUT2D eigenvalue weighted by atomic mass is 10.2. The Morgan fingerprint density at radius 2 is 1.69 bits per heavy atom. The van der Waals surface area contributed by atoms with Gasteiger partial charge in [-0.1, -0.05) is 26.7 Å². The van der Waals surface area contributed by atoms with Gasteiger partial charge in [-0.25, -0.2) is 9.59 Å². The van der Waals surface area contributed by atoms with Crippen molar-refractivity contribution in [3.05, 3.63) is 11.8 Å². The molecule has 1 aliphatic rings. The van der Waals surface area contributed by atoms with Crippen LogP contribution in [0.3, 0.4) is 0 Å². The summed E-state index contributed by atoms with van der Waals surface area (Å²) in [6.07, 6.45) is 5.47. The fourth-order valence-corrected chi connectivity index (χ4v) is 1.61. The SMILES string of the molecule is CCCCN(CCCC)C1=CC(=O)OC1=O. The first-order chi connectivity index (χ1) is 7.69. The molecule has 0 atom stereocenters.